The van der Waals surface area contributed by atoms with Crippen LogP contribution in [0.3, 0.4) is 0 Å². The second-order valence-electron chi connectivity index (χ2n) is 4.17. The second kappa shape index (κ2) is 6.64. The van der Waals surface area contributed by atoms with Crippen LogP contribution in [-0.2, 0) is 6.54 Å². The first-order valence-corrected chi connectivity index (χ1v) is 6.37. The third-order valence-corrected chi connectivity index (χ3v) is 2.62. The largest absolute Gasteiger partial charge is 0.370 e. The number of hydrogen-bond donors (Lipinski definition) is 2. The molecule has 1 heterocycles. The lowest BCUT2D eigenvalue weighted by atomic mass is 10.2. The minimum atomic E-state index is 0.797. The first-order valence-electron chi connectivity index (χ1n) is 6.37. The molecule has 2 aromatic rings. The lowest BCUT2D eigenvalue weighted by Crippen LogP contribution is -2.05. The van der Waals surface area contributed by atoms with Gasteiger partial charge in [0.25, 0.3) is 0 Å². The molecule has 0 saturated heterocycles. The van der Waals surface area contributed by atoms with Crippen molar-refractivity contribution in [2.45, 2.75) is 19.9 Å². The van der Waals surface area contributed by atoms with E-state index in [1.807, 2.05) is 36.4 Å². The Hall–Kier alpha value is -2.03. The Morgan fingerprint density at radius 1 is 0.889 bits per heavy atom. The molecule has 2 rings (SSSR count). The fourth-order valence-electron chi connectivity index (χ4n) is 1.67. The van der Waals surface area contributed by atoms with Crippen LogP contribution >= 0.6 is 0 Å². The van der Waals surface area contributed by atoms with Gasteiger partial charge in [-0.2, -0.15) is 0 Å². The van der Waals surface area contributed by atoms with Crippen molar-refractivity contribution in [1.29, 1.82) is 0 Å². The summed E-state index contributed by atoms with van der Waals surface area (Å²) in [7, 11) is 0. The topological polar surface area (TPSA) is 37.0 Å². The monoisotopic (exact) mass is 241 g/mol. The van der Waals surface area contributed by atoms with Crippen LogP contribution in [0.1, 0.15) is 18.9 Å². The fourth-order valence-corrected chi connectivity index (χ4v) is 1.67. The highest BCUT2D eigenvalue weighted by atomic mass is 15.1. The van der Waals surface area contributed by atoms with Gasteiger partial charge in [-0.3, -0.25) is 0 Å². The van der Waals surface area contributed by atoms with Crippen LogP contribution in [0.4, 0.5) is 11.6 Å². The number of rotatable bonds is 6. The van der Waals surface area contributed by atoms with E-state index in [1.54, 1.807) is 0 Å². The maximum absolute atomic E-state index is 4.50. The molecule has 0 bridgehead atoms. The van der Waals surface area contributed by atoms with Gasteiger partial charge in [0.15, 0.2) is 0 Å². The minimum absolute atomic E-state index is 0.797. The summed E-state index contributed by atoms with van der Waals surface area (Å²) in [4.78, 5) is 4.50. The van der Waals surface area contributed by atoms with Crippen molar-refractivity contribution in [1.82, 2.24) is 4.98 Å². The van der Waals surface area contributed by atoms with Crippen molar-refractivity contribution in [3.63, 3.8) is 0 Å². The van der Waals surface area contributed by atoms with Gasteiger partial charge < -0.3 is 10.6 Å². The molecule has 18 heavy (non-hydrogen) atoms. The summed E-state index contributed by atoms with van der Waals surface area (Å²) < 4.78 is 0. The number of hydrogen-bond acceptors (Lipinski definition) is 3. The maximum Gasteiger partial charge on any atom is 0.128 e. The Bertz CT molecular complexity index is 468. The molecule has 0 radical (unpaired) electrons. The molecule has 0 unspecified atom stereocenters. The zero-order valence-corrected chi connectivity index (χ0v) is 10.7. The molecule has 3 nitrogen and oxygen atoms in total. The minimum Gasteiger partial charge on any atom is -0.370 e. The number of benzene rings is 1. The van der Waals surface area contributed by atoms with E-state index in [0.29, 0.717) is 0 Å². The molecule has 1 aromatic heterocycles. The summed E-state index contributed by atoms with van der Waals surface area (Å²) in [5.41, 5.74) is 1.26. The second-order valence-corrected chi connectivity index (χ2v) is 4.17. The van der Waals surface area contributed by atoms with Crippen LogP contribution in [0.2, 0.25) is 0 Å². The van der Waals surface area contributed by atoms with Crippen molar-refractivity contribution in [3.05, 3.63) is 54.1 Å². The third kappa shape index (κ3) is 3.77. The maximum atomic E-state index is 4.50. The molecule has 3 heteroatoms. The number of nitrogens with one attached hydrogen (secondary N) is 2. The van der Waals surface area contributed by atoms with E-state index >= 15 is 0 Å². The normalized spacial score (nSPS) is 10.1. The van der Waals surface area contributed by atoms with Gasteiger partial charge in [-0.25, -0.2) is 4.98 Å². The lowest BCUT2D eigenvalue weighted by molar-refractivity contribution is 0.968. The first kappa shape index (κ1) is 12.4. The predicted molar refractivity (Wildman–Crippen MR) is 76.8 cm³/mol. The van der Waals surface area contributed by atoms with Gasteiger partial charge in [0.1, 0.15) is 11.6 Å². The van der Waals surface area contributed by atoms with Crippen LogP contribution in [0.25, 0.3) is 0 Å². The highest BCUT2D eigenvalue weighted by Crippen LogP contribution is 2.10. The molecule has 0 fully saturated rings. The van der Waals surface area contributed by atoms with Crippen molar-refractivity contribution < 1.29 is 0 Å². The number of aromatic nitrogens is 1. The van der Waals surface area contributed by atoms with E-state index in [0.717, 1.165) is 31.1 Å². The highest BCUT2D eigenvalue weighted by Gasteiger charge is 1.97. The van der Waals surface area contributed by atoms with E-state index in [2.05, 4.69) is 34.7 Å². The van der Waals surface area contributed by atoms with E-state index in [4.69, 9.17) is 0 Å². The number of anilines is 2. The predicted octanol–water partition coefficient (Wildman–Crippen LogP) is 3.52. The molecular formula is C15H19N3. The van der Waals surface area contributed by atoms with E-state index in [9.17, 15) is 0 Å². The SMILES string of the molecule is CCCNc1cccc(NCc2ccccc2)n1. The zero-order valence-electron chi connectivity index (χ0n) is 10.7. The Balaban J connectivity index is 1.93. The van der Waals surface area contributed by atoms with E-state index < -0.39 is 0 Å². The summed E-state index contributed by atoms with van der Waals surface area (Å²) >= 11 is 0. The van der Waals surface area contributed by atoms with Crippen LogP contribution in [0.5, 0.6) is 0 Å². The average molecular weight is 241 g/mol. The fraction of sp³-hybridized carbons (Fsp3) is 0.267. The number of pyridine rings is 1. The molecule has 0 atom stereocenters. The number of nitrogens with zero attached hydrogens (tertiary/aromatic N) is 1. The molecule has 2 N–H and O–H groups in total. The smallest absolute Gasteiger partial charge is 0.128 e. The van der Waals surface area contributed by atoms with Crippen molar-refractivity contribution >= 4 is 11.6 Å². The summed E-state index contributed by atoms with van der Waals surface area (Å²) in [5, 5.41) is 6.61. The summed E-state index contributed by atoms with van der Waals surface area (Å²) in [6, 6.07) is 16.3. The van der Waals surface area contributed by atoms with Crippen molar-refractivity contribution in [3.8, 4) is 0 Å². The Morgan fingerprint density at radius 3 is 2.33 bits per heavy atom. The van der Waals surface area contributed by atoms with Gasteiger partial charge in [-0.1, -0.05) is 43.3 Å². The van der Waals surface area contributed by atoms with E-state index in [1.165, 1.54) is 5.56 Å². The van der Waals surface area contributed by atoms with Gasteiger partial charge in [0.05, 0.1) is 0 Å². The third-order valence-electron chi connectivity index (χ3n) is 2.62. The highest BCUT2D eigenvalue weighted by molar-refractivity contribution is 5.45. The van der Waals surface area contributed by atoms with Crippen molar-refractivity contribution in [2.75, 3.05) is 17.2 Å². The molecular weight excluding hydrogens is 222 g/mol. The standard InChI is InChI=1S/C15H19N3/c1-2-11-16-14-9-6-10-15(18-14)17-12-13-7-4-3-5-8-13/h3-10H,2,11-12H2,1H3,(H2,16,17,18). The lowest BCUT2D eigenvalue weighted by Gasteiger charge is -2.08. The Labute approximate surface area is 108 Å². The average Bonchev–Trinajstić information content (AvgIpc) is 2.44. The van der Waals surface area contributed by atoms with Gasteiger partial charge >= 0.3 is 0 Å². The molecule has 0 spiro atoms. The molecule has 94 valence electrons. The van der Waals surface area contributed by atoms with Crippen molar-refractivity contribution in [2.24, 2.45) is 0 Å². The van der Waals surface area contributed by atoms with Gasteiger partial charge in [0.2, 0.25) is 0 Å². The van der Waals surface area contributed by atoms with Gasteiger partial charge in [0, 0.05) is 13.1 Å². The quantitative estimate of drug-likeness (QED) is 0.812. The molecule has 0 aliphatic carbocycles. The summed E-state index contributed by atoms with van der Waals surface area (Å²) in [6.45, 7) is 3.89. The molecule has 0 amide bonds. The molecule has 1 aromatic carbocycles. The van der Waals surface area contributed by atoms with Crippen LogP contribution in [0, 0.1) is 0 Å². The van der Waals surface area contributed by atoms with Gasteiger partial charge in [-0.05, 0) is 24.1 Å². The molecule has 0 saturated carbocycles. The van der Waals surface area contributed by atoms with Crippen LogP contribution in [-0.4, -0.2) is 11.5 Å². The summed E-state index contributed by atoms with van der Waals surface area (Å²) in [5.74, 6) is 1.83. The molecule has 0 aliphatic rings. The summed E-state index contributed by atoms with van der Waals surface area (Å²) in [6.07, 6.45) is 1.10. The van der Waals surface area contributed by atoms with E-state index in [-0.39, 0.29) is 0 Å². The Kier molecular flexibility index (Phi) is 4.59. The molecule has 0 aliphatic heterocycles. The van der Waals surface area contributed by atoms with Crippen LogP contribution < -0.4 is 10.6 Å². The first-order chi connectivity index (χ1) is 8.88. The zero-order chi connectivity index (χ0) is 12.6. The van der Waals surface area contributed by atoms with Crippen LogP contribution in [0.15, 0.2) is 48.5 Å². The Morgan fingerprint density at radius 2 is 1.61 bits per heavy atom. The van der Waals surface area contributed by atoms with Gasteiger partial charge in [-0.15, -0.1) is 0 Å².